The van der Waals surface area contributed by atoms with E-state index in [9.17, 15) is 9.59 Å². The van der Waals surface area contributed by atoms with Crippen LogP contribution in [0.2, 0.25) is 0 Å². The van der Waals surface area contributed by atoms with Crippen molar-refractivity contribution in [2.45, 2.75) is 34.1 Å². The van der Waals surface area contributed by atoms with E-state index >= 15 is 0 Å². The smallest absolute Gasteiger partial charge is 0.316 e. The van der Waals surface area contributed by atoms with Crippen molar-refractivity contribution in [3.8, 4) is 17.6 Å². The van der Waals surface area contributed by atoms with Crippen LogP contribution in [-0.2, 0) is 9.59 Å². The van der Waals surface area contributed by atoms with Gasteiger partial charge in [0.2, 0.25) is 0 Å². The maximum atomic E-state index is 12.0. The summed E-state index contributed by atoms with van der Waals surface area (Å²) in [7, 11) is 1.45. The zero-order valence-electron chi connectivity index (χ0n) is 15.3. The van der Waals surface area contributed by atoms with Crippen molar-refractivity contribution in [1.82, 2.24) is 5.32 Å². The monoisotopic (exact) mass is 344 g/mol. The van der Waals surface area contributed by atoms with Gasteiger partial charge >= 0.3 is 5.97 Å². The highest BCUT2D eigenvalue weighted by atomic mass is 16.6. The lowest BCUT2D eigenvalue weighted by atomic mass is 9.97. The van der Waals surface area contributed by atoms with E-state index in [0.29, 0.717) is 17.9 Å². The van der Waals surface area contributed by atoms with E-state index in [0.717, 1.165) is 6.42 Å². The van der Waals surface area contributed by atoms with Gasteiger partial charge in [-0.1, -0.05) is 13.0 Å². The van der Waals surface area contributed by atoms with Gasteiger partial charge in [0.05, 0.1) is 12.5 Å². The van der Waals surface area contributed by atoms with Gasteiger partial charge in [-0.15, -0.1) is 0 Å². The van der Waals surface area contributed by atoms with Gasteiger partial charge in [-0.2, -0.15) is 5.26 Å². The summed E-state index contributed by atoms with van der Waals surface area (Å²) in [5, 5.41) is 11.8. The fraction of sp³-hybridized carbons (Fsp3) is 0.421. The summed E-state index contributed by atoms with van der Waals surface area (Å²) in [5.74, 6) is -0.177. The topological polar surface area (TPSA) is 88.4 Å². The molecule has 1 amide bonds. The molecule has 1 aromatic rings. The Bertz CT molecular complexity index is 709. The highest BCUT2D eigenvalue weighted by Gasteiger charge is 2.25. The van der Waals surface area contributed by atoms with Crippen LogP contribution in [0.3, 0.4) is 0 Å². The standard InChI is InChI=1S/C19H24N2O4/c1-6-9-21-17(22)14(12-20)10-13-7-8-15(16(11-13)24-5)25-18(23)19(2,3)4/h7-8,10-11H,6,9H2,1-5H3,(H,21,22). The second-order valence-corrected chi connectivity index (χ2v) is 6.48. The Labute approximate surface area is 148 Å². The van der Waals surface area contributed by atoms with E-state index in [1.165, 1.54) is 13.2 Å². The van der Waals surface area contributed by atoms with E-state index in [1.54, 1.807) is 39.0 Å². The molecular formula is C19H24N2O4. The fourth-order valence-corrected chi connectivity index (χ4v) is 1.76. The Morgan fingerprint density at radius 1 is 1.28 bits per heavy atom. The largest absolute Gasteiger partial charge is 0.493 e. The molecule has 0 saturated carbocycles. The summed E-state index contributed by atoms with van der Waals surface area (Å²) in [6, 6.07) is 6.72. The zero-order chi connectivity index (χ0) is 19.0. The number of nitrogens with zero attached hydrogens (tertiary/aromatic N) is 1. The first-order valence-corrected chi connectivity index (χ1v) is 8.03. The third-order valence-corrected chi connectivity index (χ3v) is 3.21. The number of hydrogen-bond donors (Lipinski definition) is 1. The fourth-order valence-electron chi connectivity index (χ4n) is 1.76. The molecule has 0 fully saturated rings. The number of rotatable bonds is 6. The molecule has 134 valence electrons. The van der Waals surface area contributed by atoms with Crippen molar-refractivity contribution < 1.29 is 19.1 Å². The number of benzene rings is 1. The Balaban J connectivity index is 3.08. The van der Waals surface area contributed by atoms with E-state index in [1.807, 2.05) is 13.0 Å². The summed E-state index contributed by atoms with van der Waals surface area (Å²) in [5.41, 5.74) is -0.0555. The molecule has 0 radical (unpaired) electrons. The van der Waals surface area contributed by atoms with Crippen LogP contribution in [0.25, 0.3) is 6.08 Å². The number of nitriles is 1. The Morgan fingerprint density at radius 3 is 2.48 bits per heavy atom. The van der Waals surface area contributed by atoms with Crippen molar-refractivity contribution in [1.29, 1.82) is 5.26 Å². The van der Waals surface area contributed by atoms with E-state index in [-0.39, 0.29) is 17.3 Å². The van der Waals surface area contributed by atoms with Gasteiger partial charge < -0.3 is 14.8 Å². The molecule has 0 aromatic heterocycles. The zero-order valence-corrected chi connectivity index (χ0v) is 15.3. The Kier molecular flexibility index (Phi) is 7.19. The van der Waals surface area contributed by atoms with Crippen molar-refractivity contribution in [2.24, 2.45) is 5.41 Å². The number of esters is 1. The average Bonchev–Trinajstić information content (AvgIpc) is 2.57. The minimum Gasteiger partial charge on any atom is -0.493 e. The van der Waals surface area contributed by atoms with E-state index in [4.69, 9.17) is 14.7 Å². The molecule has 6 nitrogen and oxygen atoms in total. The maximum Gasteiger partial charge on any atom is 0.316 e. The van der Waals surface area contributed by atoms with Crippen LogP contribution in [0, 0.1) is 16.7 Å². The van der Waals surface area contributed by atoms with Gasteiger partial charge in [-0.25, -0.2) is 0 Å². The molecular weight excluding hydrogens is 320 g/mol. The molecule has 6 heteroatoms. The first kappa shape index (κ1) is 20.2. The lowest BCUT2D eigenvalue weighted by Gasteiger charge is -2.17. The third kappa shape index (κ3) is 5.96. The second kappa shape index (κ2) is 8.88. The summed E-state index contributed by atoms with van der Waals surface area (Å²) >= 11 is 0. The summed E-state index contributed by atoms with van der Waals surface area (Å²) < 4.78 is 10.6. The molecule has 0 aliphatic carbocycles. The van der Waals surface area contributed by atoms with Crippen LogP contribution in [0.1, 0.15) is 39.7 Å². The molecule has 1 aromatic carbocycles. The predicted molar refractivity (Wildman–Crippen MR) is 95.0 cm³/mol. The SMILES string of the molecule is CCCNC(=O)C(C#N)=Cc1ccc(OC(=O)C(C)(C)C)c(OC)c1. The lowest BCUT2D eigenvalue weighted by molar-refractivity contribution is -0.143. The molecule has 0 aliphatic rings. The predicted octanol–water partition coefficient (Wildman–Crippen LogP) is 3.08. The molecule has 0 atom stereocenters. The van der Waals surface area contributed by atoms with Gasteiger partial charge in [0, 0.05) is 6.54 Å². The summed E-state index contributed by atoms with van der Waals surface area (Å²) in [4.78, 5) is 23.9. The number of carbonyl (C=O) groups excluding carboxylic acids is 2. The van der Waals surface area contributed by atoms with Crippen LogP contribution in [0.5, 0.6) is 11.5 Å². The third-order valence-electron chi connectivity index (χ3n) is 3.21. The first-order chi connectivity index (χ1) is 11.7. The quantitative estimate of drug-likeness (QED) is 0.371. The molecule has 1 rings (SSSR count). The van der Waals surface area contributed by atoms with Gasteiger partial charge in [-0.05, 0) is 51.0 Å². The second-order valence-electron chi connectivity index (χ2n) is 6.48. The van der Waals surface area contributed by atoms with Crippen LogP contribution >= 0.6 is 0 Å². The Hall–Kier alpha value is -2.81. The minimum atomic E-state index is -0.644. The molecule has 0 heterocycles. The maximum absolute atomic E-state index is 12.0. The molecule has 1 N–H and O–H groups in total. The normalized spacial score (nSPS) is 11.4. The molecule has 0 saturated heterocycles. The minimum absolute atomic E-state index is 0.00469. The lowest BCUT2D eigenvalue weighted by Crippen LogP contribution is -2.25. The highest BCUT2D eigenvalue weighted by Crippen LogP contribution is 2.31. The number of hydrogen-bond acceptors (Lipinski definition) is 5. The average molecular weight is 344 g/mol. The van der Waals surface area contributed by atoms with E-state index < -0.39 is 11.3 Å². The van der Waals surface area contributed by atoms with Gasteiger partial charge in [0.1, 0.15) is 11.6 Å². The number of nitrogens with one attached hydrogen (secondary N) is 1. The molecule has 0 unspecified atom stereocenters. The molecule has 0 aliphatic heterocycles. The number of amides is 1. The summed E-state index contributed by atoms with van der Waals surface area (Å²) in [6.07, 6.45) is 2.25. The van der Waals surface area contributed by atoms with Gasteiger partial charge in [0.15, 0.2) is 11.5 Å². The number of methoxy groups -OCH3 is 1. The van der Waals surface area contributed by atoms with Crippen molar-refractivity contribution in [3.05, 3.63) is 29.3 Å². The van der Waals surface area contributed by atoms with Gasteiger partial charge in [-0.3, -0.25) is 9.59 Å². The van der Waals surface area contributed by atoms with Crippen LogP contribution < -0.4 is 14.8 Å². The first-order valence-electron chi connectivity index (χ1n) is 8.03. The molecule has 0 bridgehead atoms. The van der Waals surface area contributed by atoms with Crippen LogP contribution in [-0.4, -0.2) is 25.5 Å². The number of ether oxygens (including phenoxy) is 2. The molecule has 25 heavy (non-hydrogen) atoms. The van der Waals surface area contributed by atoms with Crippen molar-refractivity contribution >= 4 is 18.0 Å². The number of carbonyl (C=O) groups is 2. The Morgan fingerprint density at radius 2 is 1.96 bits per heavy atom. The summed E-state index contributed by atoms with van der Waals surface area (Å²) in [6.45, 7) is 7.70. The van der Waals surface area contributed by atoms with Crippen LogP contribution in [0.15, 0.2) is 23.8 Å². The van der Waals surface area contributed by atoms with Crippen molar-refractivity contribution in [3.63, 3.8) is 0 Å². The molecule has 0 spiro atoms. The van der Waals surface area contributed by atoms with Gasteiger partial charge in [0.25, 0.3) is 5.91 Å². The van der Waals surface area contributed by atoms with Crippen LogP contribution in [0.4, 0.5) is 0 Å². The van der Waals surface area contributed by atoms with Crippen molar-refractivity contribution in [2.75, 3.05) is 13.7 Å². The van der Waals surface area contributed by atoms with E-state index in [2.05, 4.69) is 5.32 Å². The highest BCUT2D eigenvalue weighted by molar-refractivity contribution is 6.01.